The highest BCUT2D eigenvalue weighted by Gasteiger charge is 2.41. The smallest absolute Gasteiger partial charge is 0.433 e. The van der Waals surface area contributed by atoms with Crippen molar-refractivity contribution in [1.82, 2.24) is 29.7 Å². The minimum Gasteiger partial charge on any atom is -0.506 e. The van der Waals surface area contributed by atoms with Gasteiger partial charge in [-0.25, -0.2) is 9.97 Å². The maximum Gasteiger partial charge on any atom is 0.433 e. The first-order chi connectivity index (χ1) is 30.4. The zero-order chi connectivity index (χ0) is 49.4. The highest BCUT2D eigenvalue weighted by Crippen LogP contribution is 2.42. The van der Waals surface area contributed by atoms with Crippen LogP contribution in [-0.2, 0) is 55.0 Å². The van der Waals surface area contributed by atoms with Gasteiger partial charge in [-0.05, 0) is 78.5 Å². The van der Waals surface area contributed by atoms with Crippen molar-refractivity contribution in [2.45, 2.75) is 96.4 Å². The van der Waals surface area contributed by atoms with E-state index in [-0.39, 0.29) is 41.7 Å². The lowest BCUT2D eigenvalue weighted by atomic mass is 9.95. The van der Waals surface area contributed by atoms with Crippen molar-refractivity contribution >= 4 is 45.8 Å². The number of carbonyl (C=O) groups excluding carboxylic acids is 4. The van der Waals surface area contributed by atoms with Gasteiger partial charge in [0.2, 0.25) is 0 Å². The first-order valence-electron chi connectivity index (χ1n) is 20.3. The number of pyridine rings is 4. The Kier molecular flexibility index (Phi) is 14.5. The molecule has 0 aliphatic carbocycles. The van der Waals surface area contributed by atoms with Crippen LogP contribution in [0.15, 0.2) is 21.7 Å². The summed E-state index contributed by atoms with van der Waals surface area (Å²) >= 11 is 0. The quantitative estimate of drug-likeness (QED) is 0.137. The van der Waals surface area contributed by atoms with Crippen LogP contribution in [0.25, 0.3) is 22.1 Å². The van der Waals surface area contributed by atoms with Crippen molar-refractivity contribution in [2.24, 2.45) is 14.1 Å². The normalized spacial score (nSPS) is 16.8. The van der Waals surface area contributed by atoms with Crippen molar-refractivity contribution in [2.75, 3.05) is 32.9 Å². The number of aromatic hydroxyl groups is 2. The Morgan fingerprint density at radius 2 is 1.14 bits per heavy atom. The van der Waals surface area contributed by atoms with Crippen molar-refractivity contribution in [3.63, 3.8) is 0 Å². The summed E-state index contributed by atoms with van der Waals surface area (Å²) in [6.07, 6.45) is -9.32. The predicted molar refractivity (Wildman–Crippen MR) is 220 cm³/mol. The minimum absolute atomic E-state index is 0.0476. The van der Waals surface area contributed by atoms with Crippen molar-refractivity contribution in [3.8, 4) is 11.5 Å². The van der Waals surface area contributed by atoms with Crippen LogP contribution in [0.2, 0.25) is 0 Å². The number of alkyl halides is 6. The van der Waals surface area contributed by atoms with E-state index in [1.807, 2.05) is 0 Å². The number of halogens is 6. The summed E-state index contributed by atoms with van der Waals surface area (Å²) in [4.78, 5) is 81.6. The minimum atomic E-state index is -4.83. The lowest BCUT2D eigenvalue weighted by Crippen LogP contribution is -2.38. The maximum atomic E-state index is 13.7. The van der Waals surface area contributed by atoms with Gasteiger partial charge in [-0.1, -0.05) is 0 Å². The van der Waals surface area contributed by atoms with Gasteiger partial charge in [0, 0.05) is 38.8 Å². The molecular weight excluding hydrogens is 894 g/mol. The van der Waals surface area contributed by atoms with Crippen molar-refractivity contribution < 1.29 is 74.7 Å². The van der Waals surface area contributed by atoms with Crippen molar-refractivity contribution in [1.29, 1.82) is 0 Å². The first kappa shape index (κ1) is 50.7. The highest BCUT2D eigenvalue weighted by molar-refractivity contribution is 6.03. The number of ether oxygens (including phenoxy) is 4. The molecule has 0 aromatic carbocycles. The summed E-state index contributed by atoms with van der Waals surface area (Å²) < 4.78 is 104. The number of nitrogens with one attached hydrogen (secondary N) is 2. The molecule has 2 fully saturated rings. The zero-order valence-electron chi connectivity index (χ0n) is 37.0. The van der Waals surface area contributed by atoms with E-state index in [0.717, 1.165) is 35.4 Å². The number of fused-ring (bicyclic) bond motifs is 2. The van der Waals surface area contributed by atoms with E-state index in [0.29, 0.717) is 19.3 Å². The molecule has 18 nitrogen and oxygen atoms in total. The first-order valence-corrected chi connectivity index (χ1v) is 20.3. The van der Waals surface area contributed by atoms with Crippen LogP contribution in [0, 0.1) is 0 Å². The van der Waals surface area contributed by atoms with Gasteiger partial charge in [0.1, 0.15) is 63.9 Å². The number of amides is 2. The molecule has 0 bridgehead atoms. The van der Waals surface area contributed by atoms with Crippen LogP contribution in [0.4, 0.5) is 26.3 Å². The zero-order valence-corrected chi connectivity index (χ0v) is 37.0. The van der Waals surface area contributed by atoms with Gasteiger partial charge in [0.25, 0.3) is 22.9 Å². The fourth-order valence-electron chi connectivity index (χ4n) is 7.16. The summed E-state index contributed by atoms with van der Waals surface area (Å²) in [5, 5.41) is 25.3. The fourth-order valence-corrected chi connectivity index (χ4v) is 7.16. The van der Waals surface area contributed by atoms with Crippen LogP contribution >= 0.6 is 0 Å². The Bertz CT molecular complexity index is 2510. The fraction of sp³-hybridized carbons (Fsp3) is 0.524. The third kappa shape index (κ3) is 11.4. The molecule has 2 atom stereocenters. The average molecular weight is 943 g/mol. The molecule has 4 aromatic rings. The SMILES string of the molecule is Cn1c(=O)c(C(=O)NCC(=O)OC(C)(C)C)c(O)c2cc(C3CCCO3)c(C(F)(F)F)nc21.Cn1c(=O)c(C(=O)NCC(=O)OC(C)(C)C)c(O)c2cc(C3CCOC3)c(C(F)(F)F)nc21. The van der Waals surface area contributed by atoms with E-state index in [1.54, 1.807) is 41.5 Å². The third-order valence-electron chi connectivity index (χ3n) is 9.98. The molecule has 360 valence electrons. The van der Waals surface area contributed by atoms with Gasteiger partial charge < -0.3 is 39.8 Å². The molecule has 0 saturated carbocycles. The van der Waals surface area contributed by atoms with Gasteiger partial charge in [-0.3, -0.25) is 37.9 Å². The van der Waals surface area contributed by atoms with Gasteiger partial charge in [0.15, 0.2) is 5.69 Å². The summed E-state index contributed by atoms with van der Waals surface area (Å²) in [5.74, 6) is -5.98. The molecule has 6 rings (SSSR count). The van der Waals surface area contributed by atoms with Crippen LogP contribution < -0.4 is 21.8 Å². The number of carbonyl (C=O) groups is 4. The number of aromatic nitrogens is 4. The van der Waals surface area contributed by atoms with E-state index in [4.69, 9.17) is 18.9 Å². The molecule has 4 aromatic heterocycles. The number of rotatable bonds is 8. The van der Waals surface area contributed by atoms with Crippen molar-refractivity contribution in [3.05, 3.63) is 66.5 Å². The van der Waals surface area contributed by atoms with E-state index < -0.39 is 129 Å². The molecule has 6 heterocycles. The molecule has 2 saturated heterocycles. The predicted octanol–water partition coefficient (Wildman–Crippen LogP) is 4.81. The molecule has 0 spiro atoms. The number of hydrogen-bond donors (Lipinski definition) is 4. The molecule has 2 aliphatic rings. The summed E-state index contributed by atoms with van der Waals surface area (Å²) in [7, 11) is 2.27. The van der Waals surface area contributed by atoms with Crippen LogP contribution in [0.5, 0.6) is 11.5 Å². The number of aryl methyl sites for hydroxylation is 2. The molecule has 24 heteroatoms. The second-order valence-electron chi connectivity index (χ2n) is 17.4. The van der Waals surface area contributed by atoms with Crippen LogP contribution in [-0.4, -0.2) is 97.2 Å². The lowest BCUT2D eigenvalue weighted by molar-refractivity contribution is -0.154. The Labute approximate surface area is 371 Å². The molecule has 2 unspecified atom stereocenters. The second-order valence-corrected chi connectivity index (χ2v) is 17.4. The van der Waals surface area contributed by atoms with Crippen LogP contribution in [0.1, 0.15) is 116 Å². The third-order valence-corrected chi connectivity index (χ3v) is 9.98. The summed E-state index contributed by atoms with van der Waals surface area (Å²) in [6, 6.07) is 2.13. The Morgan fingerprint density at radius 3 is 1.50 bits per heavy atom. The number of esters is 2. The van der Waals surface area contributed by atoms with E-state index in [9.17, 15) is 65.3 Å². The molecule has 2 amide bonds. The topological polar surface area (TPSA) is 239 Å². The Hall–Kier alpha value is -6.30. The standard InChI is InChI=1S/2C21H24F3N3O6/c1-20(2,3)33-13(28)8-25-18(30)14-15(29)12-7-11(10-5-6-32-9-10)16(21(22,23)24)26-17(12)27(4)19(14)31;1-20(2,3)33-13(28)9-25-18(30)14-15(29)11-8-10(12-6-5-7-32-12)16(21(22,23)24)26-17(11)27(4)19(14)31/h7,10,29H,5-6,8-9H2,1-4H3,(H,25,30);8,12,29H,5-7,9H2,1-4H3,(H,25,30). The highest BCUT2D eigenvalue weighted by atomic mass is 19.4. The molecule has 0 radical (unpaired) electrons. The second kappa shape index (κ2) is 18.9. The number of nitrogens with zero attached hydrogens (tertiary/aromatic N) is 4. The Morgan fingerprint density at radius 1 is 0.712 bits per heavy atom. The van der Waals surface area contributed by atoms with E-state index in [1.165, 1.54) is 0 Å². The van der Waals surface area contributed by atoms with Gasteiger partial charge in [-0.2, -0.15) is 26.3 Å². The van der Waals surface area contributed by atoms with E-state index >= 15 is 0 Å². The van der Waals surface area contributed by atoms with E-state index in [2.05, 4.69) is 20.6 Å². The molecule has 2 aliphatic heterocycles. The van der Waals surface area contributed by atoms with Crippen LogP contribution in [0.3, 0.4) is 0 Å². The summed E-state index contributed by atoms with van der Waals surface area (Å²) in [5.41, 5.74) is -8.96. The molecule has 66 heavy (non-hydrogen) atoms. The molecule has 4 N–H and O–H groups in total. The van der Waals surface area contributed by atoms with Gasteiger partial charge >= 0.3 is 24.3 Å². The van der Waals surface area contributed by atoms with Gasteiger partial charge in [0.05, 0.1) is 23.5 Å². The summed E-state index contributed by atoms with van der Waals surface area (Å²) in [6.45, 7) is 9.23. The van der Waals surface area contributed by atoms with Gasteiger partial charge in [-0.15, -0.1) is 0 Å². The average Bonchev–Trinajstić information content (AvgIpc) is 3.94. The maximum absolute atomic E-state index is 13.7. The monoisotopic (exact) mass is 942 g/mol. The lowest BCUT2D eigenvalue weighted by Gasteiger charge is -2.20. The molecular formula is C42H48F6N6O12. The number of hydrogen-bond acceptors (Lipinski definition) is 14. The Balaban J connectivity index is 0.000000247. The largest absolute Gasteiger partial charge is 0.506 e.